The van der Waals surface area contributed by atoms with Crippen molar-refractivity contribution in [2.45, 2.75) is 18.7 Å². The molecule has 0 N–H and O–H groups in total. The van der Waals surface area contributed by atoms with Crippen molar-refractivity contribution in [3.05, 3.63) is 35.9 Å². The normalized spacial score (nSPS) is 15.7. The summed E-state index contributed by atoms with van der Waals surface area (Å²) in [5.74, 6) is 1.61. The topological polar surface area (TPSA) is 16.1 Å². The predicted molar refractivity (Wildman–Crippen MR) is 72.7 cm³/mol. The van der Waals surface area contributed by atoms with Gasteiger partial charge in [0.15, 0.2) is 0 Å². The van der Waals surface area contributed by atoms with E-state index in [2.05, 4.69) is 23.1 Å². The third-order valence-electron chi connectivity index (χ3n) is 3.33. The van der Waals surface area contributed by atoms with Crippen LogP contribution < -0.4 is 4.90 Å². The second-order valence-electron chi connectivity index (χ2n) is 4.49. The molecule has 3 rings (SSSR count). The molecule has 0 radical (unpaired) electrons. The number of hydrogen-bond donors (Lipinski definition) is 0. The molecule has 1 aromatic heterocycles. The lowest BCUT2D eigenvalue weighted by atomic mass is 10.1. The Morgan fingerprint density at radius 2 is 1.94 bits per heavy atom. The van der Waals surface area contributed by atoms with Gasteiger partial charge in [-0.25, -0.2) is 4.98 Å². The summed E-state index contributed by atoms with van der Waals surface area (Å²) in [6.07, 6.45) is 2.52. The number of aromatic nitrogens is 1. The number of pyridine rings is 1. The van der Waals surface area contributed by atoms with Gasteiger partial charge in [-0.05, 0) is 25.0 Å². The Balaban J connectivity index is 2.14. The highest BCUT2D eigenvalue weighted by molar-refractivity contribution is 6.17. The molecule has 3 heteroatoms. The third kappa shape index (κ3) is 1.98. The zero-order chi connectivity index (χ0) is 11.7. The second-order valence-corrected chi connectivity index (χ2v) is 4.76. The zero-order valence-corrected chi connectivity index (χ0v) is 10.5. The Labute approximate surface area is 106 Å². The van der Waals surface area contributed by atoms with Crippen LogP contribution in [0.4, 0.5) is 5.82 Å². The van der Waals surface area contributed by atoms with E-state index in [0.717, 1.165) is 30.0 Å². The molecular weight excluding hydrogens is 232 g/mol. The van der Waals surface area contributed by atoms with Crippen molar-refractivity contribution in [3.63, 3.8) is 0 Å². The third-order valence-corrected chi connectivity index (χ3v) is 3.62. The smallest absolute Gasteiger partial charge is 0.133 e. The fourth-order valence-corrected chi connectivity index (χ4v) is 2.65. The second kappa shape index (κ2) is 4.53. The molecule has 1 aromatic carbocycles. The van der Waals surface area contributed by atoms with Crippen LogP contribution in [-0.2, 0) is 5.88 Å². The molecule has 1 saturated heterocycles. The quantitative estimate of drug-likeness (QED) is 0.753. The molecule has 0 bridgehead atoms. The van der Waals surface area contributed by atoms with E-state index in [-0.39, 0.29) is 0 Å². The summed E-state index contributed by atoms with van der Waals surface area (Å²) in [5, 5.41) is 1.17. The van der Waals surface area contributed by atoms with Crippen molar-refractivity contribution in [1.82, 2.24) is 4.98 Å². The minimum atomic E-state index is 0.531. The van der Waals surface area contributed by atoms with Gasteiger partial charge in [0, 0.05) is 24.0 Å². The molecule has 0 atom stereocenters. The average molecular weight is 247 g/mol. The van der Waals surface area contributed by atoms with E-state index in [1.165, 1.54) is 18.2 Å². The number of alkyl halides is 1. The van der Waals surface area contributed by atoms with Gasteiger partial charge in [-0.2, -0.15) is 0 Å². The lowest BCUT2D eigenvalue weighted by Crippen LogP contribution is -2.20. The summed E-state index contributed by atoms with van der Waals surface area (Å²) in [5.41, 5.74) is 2.20. The molecule has 2 heterocycles. The summed E-state index contributed by atoms with van der Waals surface area (Å²) in [4.78, 5) is 7.12. The Hall–Kier alpha value is -1.28. The highest BCUT2D eigenvalue weighted by atomic mass is 35.5. The van der Waals surface area contributed by atoms with Gasteiger partial charge in [-0.15, -0.1) is 11.6 Å². The number of halogens is 1. The number of benzene rings is 1. The largest absolute Gasteiger partial charge is 0.356 e. The Morgan fingerprint density at radius 1 is 1.18 bits per heavy atom. The van der Waals surface area contributed by atoms with Gasteiger partial charge in [0.2, 0.25) is 0 Å². The number of fused-ring (bicyclic) bond motifs is 1. The van der Waals surface area contributed by atoms with Gasteiger partial charge < -0.3 is 4.90 Å². The van der Waals surface area contributed by atoms with E-state index in [4.69, 9.17) is 16.6 Å². The number of para-hydroxylation sites is 1. The monoisotopic (exact) mass is 246 g/mol. The zero-order valence-electron chi connectivity index (χ0n) is 9.69. The van der Waals surface area contributed by atoms with Crippen LogP contribution in [0, 0.1) is 0 Å². The standard InChI is InChI=1S/C14H15ClN2/c15-10-12-9-11-5-1-2-6-13(11)16-14(12)17-7-3-4-8-17/h1-2,5-6,9H,3-4,7-8,10H2. The van der Waals surface area contributed by atoms with Crippen LogP contribution in [0.5, 0.6) is 0 Å². The van der Waals surface area contributed by atoms with Gasteiger partial charge in [0.05, 0.1) is 11.4 Å². The van der Waals surface area contributed by atoms with Crippen molar-refractivity contribution < 1.29 is 0 Å². The van der Waals surface area contributed by atoms with Gasteiger partial charge in [-0.3, -0.25) is 0 Å². The summed E-state index contributed by atoms with van der Waals surface area (Å²) in [7, 11) is 0. The SMILES string of the molecule is ClCc1cc2ccccc2nc1N1CCCC1. The molecule has 2 nitrogen and oxygen atoms in total. The molecule has 17 heavy (non-hydrogen) atoms. The first-order valence-electron chi connectivity index (χ1n) is 6.08. The molecule has 88 valence electrons. The van der Waals surface area contributed by atoms with Gasteiger partial charge in [0.1, 0.15) is 5.82 Å². The Kier molecular flexibility index (Phi) is 2.89. The highest BCUT2D eigenvalue weighted by Crippen LogP contribution is 2.27. The lowest BCUT2D eigenvalue weighted by molar-refractivity contribution is 0.933. The van der Waals surface area contributed by atoms with Gasteiger partial charge in [0.25, 0.3) is 0 Å². The van der Waals surface area contributed by atoms with Crippen LogP contribution in [0.25, 0.3) is 10.9 Å². The maximum Gasteiger partial charge on any atom is 0.133 e. The van der Waals surface area contributed by atoms with Crippen molar-refractivity contribution in [3.8, 4) is 0 Å². The molecule has 1 aliphatic heterocycles. The van der Waals surface area contributed by atoms with Crippen LogP contribution in [0.3, 0.4) is 0 Å². The predicted octanol–water partition coefficient (Wildman–Crippen LogP) is 3.57. The number of anilines is 1. The van der Waals surface area contributed by atoms with Crippen molar-refractivity contribution in [2.24, 2.45) is 0 Å². The Bertz CT molecular complexity index is 533. The molecule has 0 amide bonds. The first-order valence-corrected chi connectivity index (χ1v) is 6.61. The first kappa shape index (κ1) is 10.8. The number of rotatable bonds is 2. The summed E-state index contributed by atoms with van der Waals surface area (Å²) < 4.78 is 0. The van der Waals surface area contributed by atoms with Crippen LogP contribution >= 0.6 is 11.6 Å². The minimum absolute atomic E-state index is 0.531. The fraction of sp³-hybridized carbons (Fsp3) is 0.357. The molecule has 0 unspecified atom stereocenters. The first-order chi connectivity index (χ1) is 8.38. The van der Waals surface area contributed by atoms with E-state index < -0.39 is 0 Å². The average Bonchev–Trinajstić information content (AvgIpc) is 2.91. The van der Waals surface area contributed by atoms with Crippen molar-refractivity contribution >= 4 is 28.3 Å². The molecule has 1 aliphatic rings. The summed E-state index contributed by atoms with van der Waals surface area (Å²) >= 11 is 6.04. The van der Waals surface area contributed by atoms with Gasteiger partial charge >= 0.3 is 0 Å². The molecule has 0 aliphatic carbocycles. The molecule has 0 spiro atoms. The maximum atomic E-state index is 6.04. The molecule has 1 fully saturated rings. The summed E-state index contributed by atoms with van der Waals surface area (Å²) in [6.45, 7) is 2.21. The van der Waals surface area contributed by atoms with Gasteiger partial charge in [-0.1, -0.05) is 18.2 Å². The number of nitrogens with zero attached hydrogens (tertiary/aromatic N) is 2. The minimum Gasteiger partial charge on any atom is -0.356 e. The van der Waals surface area contributed by atoms with Crippen LogP contribution in [0.2, 0.25) is 0 Å². The Morgan fingerprint density at radius 3 is 2.71 bits per heavy atom. The van der Waals surface area contributed by atoms with E-state index >= 15 is 0 Å². The van der Waals surface area contributed by atoms with Crippen molar-refractivity contribution in [1.29, 1.82) is 0 Å². The van der Waals surface area contributed by atoms with Crippen LogP contribution in [0.1, 0.15) is 18.4 Å². The molecule has 2 aromatic rings. The van der Waals surface area contributed by atoms with E-state index in [1.807, 2.05) is 12.1 Å². The van der Waals surface area contributed by atoms with E-state index in [9.17, 15) is 0 Å². The number of hydrogen-bond acceptors (Lipinski definition) is 2. The van der Waals surface area contributed by atoms with E-state index in [0.29, 0.717) is 5.88 Å². The van der Waals surface area contributed by atoms with Crippen LogP contribution in [0.15, 0.2) is 30.3 Å². The molecular formula is C14H15ClN2. The van der Waals surface area contributed by atoms with Crippen molar-refractivity contribution in [2.75, 3.05) is 18.0 Å². The summed E-state index contributed by atoms with van der Waals surface area (Å²) in [6, 6.07) is 10.4. The maximum absolute atomic E-state index is 6.04. The highest BCUT2D eigenvalue weighted by Gasteiger charge is 2.17. The fourth-order valence-electron chi connectivity index (χ4n) is 2.45. The van der Waals surface area contributed by atoms with E-state index in [1.54, 1.807) is 0 Å². The van der Waals surface area contributed by atoms with Crippen LogP contribution in [-0.4, -0.2) is 18.1 Å². The lowest BCUT2D eigenvalue weighted by Gasteiger charge is -2.19. The molecule has 0 saturated carbocycles.